The van der Waals surface area contributed by atoms with Crippen molar-refractivity contribution in [2.24, 2.45) is 0 Å². The van der Waals surface area contributed by atoms with Gasteiger partial charge in [0.25, 0.3) is 0 Å². The van der Waals surface area contributed by atoms with Crippen LogP contribution in [0.1, 0.15) is 0 Å². The van der Waals surface area contributed by atoms with Gasteiger partial charge in [-0.3, -0.25) is 0 Å². The Balaban J connectivity index is 2.04. The van der Waals surface area contributed by atoms with Crippen molar-refractivity contribution in [1.82, 2.24) is 0 Å². The lowest BCUT2D eigenvalue weighted by atomic mass is 10.0. The predicted molar refractivity (Wildman–Crippen MR) is 71.1 cm³/mol. The third-order valence-electron chi connectivity index (χ3n) is 3.24. The first-order valence-corrected chi connectivity index (χ1v) is 6.46. The fraction of sp³-hybridized carbons (Fsp3) is 0.214. The monoisotopic (exact) mass is 240 g/mol. The molecule has 0 fully saturated rings. The highest BCUT2D eigenvalue weighted by molar-refractivity contribution is 8.00. The number of para-hydroxylation sites is 1. The molecule has 0 bridgehead atoms. The van der Waals surface area contributed by atoms with Crippen molar-refractivity contribution in [3.05, 3.63) is 48.1 Å². The predicted octanol–water partition coefficient (Wildman–Crippen LogP) is 2.99. The first kappa shape index (κ1) is 10.5. The summed E-state index contributed by atoms with van der Waals surface area (Å²) in [5.41, 5.74) is 2.01. The molecule has 1 aromatic carbocycles. The lowest BCUT2D eigenvalue weighted by Crippen LogP contribution is -2.41. The van der Waals surface area contributed by atoms with Crippen LogP contribution in [-0.2, 0) is 0 Å². The normalized spacial score (nSPS) is 25.6. The van der Waals surface area contributed by atoms with E-state index in [2.05, 4.69) is 54.4 Å². The summed E-state index contributed by atoms with van der Waals surface area (Å²) in [5.74, 6) is 0. The fourth-order valence-corrected chi connectivity index (χ4v) is 3.66. The van der Waals surface area contributed by atoms with E-state index in [1.807, 2.05) is 17.8 Å². The van der Waals surface area contributed by atoms with Gasteiger partial charge in [-0.2, -0.15) is 5.26 Å². The zero-order chi connectivity index (χ0) is 11.8. The Morgan fingerprint density at radius 3 is 3.00 bits per heavy atom. The van der Waals surface area contributed by atoms with Gasteiger partial charge in [0.1, 0.15) is 0 Å². The average molecular weight is 240 g/mol. The highest BCUT2D eigenvalue weighted by Gasteiger charge is 2.31. The number of hydrogen-bond donors (Lipinski definition) is 0. The molecule has 1 heterocycles. The minimum atomic E-state index is 0.287. The molecule has 2 atom stereocenters. The summed E-state index contributed by atoms with van der Waals surface area (Å²) in [6, 6.07) is 10.9. The third-order valence-corrected chi connectivity index (χ3v) is 4.54. The first-order valence-electron chi connectivity index (χ1n) is 5.58. The minimum Gasteiger partial charge on any atom is -0.366 e. The maximum Gasteiger partial charge on any atom is 0.0988 e. The molecule has 3 heteroatoms. The molecule has 0 N–H and O–H groups in total. The molecule has 0 unspecified atom stereocenters. The van der Waals surface area contributed by atoms with Gasteiger partial charge >= 0.3 is 0 Å². The smallest absolute Gasteiger partial charge is 0.0988 e. The van der Waals surface area contributed by atoms with E-state index in [1.165, 1.54) is 10.6 Å². The van der Waals surface area contributed by atoms with Crippen molar-refractivity contribution in [2.75, 3.05) is 11.9 Å². The molecule has 0 amide bonds. The zero-order valence-electron chi connectivity index (χ0n) is 9.50. The van der Waals surface area contributed by atoms with E-state index >= 15 is 0 Å². The van der Waals surface area contributed by atoms with Gasteiger partial charge in [-0.05, 0) is 24.3 Å². The lowest BCUT2D eigenvalue weighted by Gasteiger charge is -2.39. The van der Waals surface area contributed by atoms with Gasteiger partial charge in [-0.25, -0.2) is 0 Å². The molecule has 17 heavy (non-hydrogen) atoms. The molecule has 0 aromatic heterocycles. The van der Waals surface area contributed by atoms with Crippen molar-refractivity contribution >= 4 is 17.4 Å². The number of benzene rings is 1. The van der Waals surface area contributed by atoms with E-state index in [1.54, 1.807) is 0 Å². The minimum absolute atomic E-state index is 0.287. The van der Waals surface area contributed by atoms with Gasteiger partial charge < -0.3 is 4.90 Å². The Labute approximate surface area is 105 Å². The highest BCUT2D eigenvalue weighted by Crippen LogP contribution is 2.43. The standard InChI is InChI=1S/C14H12N2S/c1-16-11-4-2-3-5-13(11)17-14-7-6-10(9-15)8-12(14)16/h2-8,12,14H,1H3/t12-,14+/m1/s1. The number of likely N-dealkylation sites (N-methyl/N-ethyl adjacent to an activating group) is 1. The molecule has 0 saturated carbocycles. The van der Waals surface area contributed by atoms with Crippen molar-refractivity contribution in [1.29, 1.82) is 5.26 Å². The third kappa shape index (κ3) is 1.65. The number of hydrogen-bond acceptors (Lipinski definition) is 3. The zero-order valence-corrected chi connectivity index (χ0v) is 10.3. The maximum absolute atomic E-state index is 8.97. The number of allylic oxidation sites excluding steroid dienone is 2. The number of anilines is 1. The summed E-state index contributed by atoms with van der Waals surface area (Å²) in [7, 11) is 2.10. The number of nitrogens with zero attached hydrogens (tertiary/aromatic N) is 2. The van der Waals surface area contributed by atoms with Crippen LogP contribution in [0.25, 0.3) is 0 Å². The Kier molecular flexibility index (Phi) is 2.45. The van der Waals surface area contributed by atoms with E-state index in [0.717, 1.165) is 5.57 Å². The van der Waals surface area contributed by atoms with Gasteiger partial charge in [0, 0.05) is 17.5 Å². The SMILES string of the molecule is CN1c2ccccc2S[C@H]2C=CC(C#N)=C[C@H]21. The van der Waals surface area contributed by atoms with Crippen molar-refractivity contribution < 1.29 is 0 Å². The first-order chi connectivity index (χ1) is 8.29. The number of rotatable bonds is 0. The molecule has 1 aliphatic heterocycles. The van der Waals surface area contributed by atoms with Crippen molar-refractivity contribution in [3.63, 3.8) is 0 Å². The fourth-order valence-electron chi connectivity index (χ4n) is 2.32. The van der Waals surface area contributed by atoms with Crippen LogP contribution in [0.4, 0.5) is 5.69 Å². The Morgan fingerprint density at radius 2 is 2.18 bits per heavy atom. The van der Waals surface area contributed by atoms with Gasteiger partial charge in [0.15, 0.2) is 0 Å². The Bertz CT molecular complexity index is 554. The van der Waals surface area contributed by atoms with Gasteiger partial charge in [0.2, 0.25) is 0 Å². The number of fused-ring (bicyclic) bond motifs is 2. The summed E-state index contributed by atoms with van der Waals surface area (Å²) in [4.78, 5) is 3.58. The molecule has 2 nitrogen and oxygen atoms in total. The topological polar surface area (TPSA) is 27.0 Å². The van der Waals surface area contributed by atoms with Crippen LogP contribution in [0.5, 0.6) is 0 Å². The number of nitriles is 1. The van der Waals surface area contributed by atoms with E-state index < -0.39 is 0 Å². The molecule has 3 rings (SSSR count). The molecular weight excluding hydrogens is 228 g/mol. The molecule has 0 spiro atoms. The van der Waals surface area contributed by atoms with Gasteiger partial charge in [0.05, 0.1) is 23.0 Å². The van der Waals surface area contributed by atoms with E-state index in [-0.39, 0.29) is 6.04 Å². The second kappa shape index (κ2) is 3.97. The summed E-state index contributed by atoms with van der Waals surface area (Å²) >= 11 is 1.87. The van der Waals surface area contributed by atoms with Crippen LogP contribution < -0.4 is 4.90 Å². The molecule has 84 valence electrons. The molecule has 1 aromatic rings. The molecule has 2 aliphatic rings. The molecule has 1 aliphatic carbocycles. The maximum atomic E-state index is 8.97. The van der Waals surface area contributed by atoms with Crippen LogP contribution in [0, 0.1) is 11.3 Å². The van der Waals surface area contributed by atoms with Crippen LogP contribution >= 0.6 is 11.8 Å². The average Bonchev–Trinajstić information content (AvgIpc) is 2.39. The Morgan fingerprint density at radius 1 is 1.35 bits per heavy atom. The van der Waals surface area contributed by atoms with Crippen molar-refractivity contribution in [2.45, 2.75) is 16.2 Å². The number of thioether (sulfide) groups is 1. The molecule has 0 saturated heterocycles. The Hall–Kier alpha value is -1.66. The van der Waals surface area contributed by atoms with Crippen LogP contribution in [0.3, 0.4) is 0 Å². The molecular formula is C14H12N2S. The quantitative estimate of drug-likeness (QED) is 0.697. The summed E-state index contributed by atoms with van der Waals surface area (Å²) in [6.45, 7) is 0. The highest BCUT2D eigenvalue weighted by atomic mass is 32.2. The van der Waals surface area contributed by atoms with Gasteiger partial charge in [-0.1, -0.05) is 18.2 Å². The summed E-state index contributed by atoms with van der Waals surface area (Å²) in [6.07, 6.45) is 6.13. The van der Waals surface area contributed by atoms with Crippen LogP contribution in [0.15, 0.2) is 53.0 Å². The lowest BCUT2D eigenvalue weighted by molar-refractivity contribution is 0.743. The largest absolute Gasteiger partial charge is 0.366 e. The second-order valence-corrected chi connectivity index (χ2v) is 5.46. The van der Waals surface area contributed by atoms with Crippen LogP contribution in [-0.4, -0.2) is 18.3 Å². The van der Waals surface area contributed by atoms with Crippen molar-refractivity contribution in [3.8, 4) is 6.07 Å². The van der Waals surface area contributed by atoms with Crippen LogP contribution in [0.2, 0.25) is 0 Å². The van der Waals surface area contributed by atoms with Gasteiger partial charge in [-0.15, -0.1) is 11.8 Å². The van der Waals surface area contributed by atoms with E-state index in [4.69, 9.17) is 5.26 Å². The van der Waals surface area contributed by atoms with E-state index in [9.17, 15) is 0 Å². The summed E-state index contributed by atoms with van der Waals surface area (Å²) < 4.78 is 0. The second-order valence-electron chi connectivity index (χ2n) is 4.24. The summed E-state index contributed by atoms with van der Waals surface area (Å²) in [5, 5.41) is 9.38. The molecule has 0 radical (unpaired) electrons. The van der Waals surface area contributed by atoms with E-state index in [0.29, 0.717) is 5.25 Å².